The van der Waals surface area contributed by atoms with Gasteiger partial charge in [0.1, 0.15) is 5.82 Å². The maximum atomic E-state index is 13.1. The Morgan fingerprint density at radius 1 is 1.07 bits per heavy atom. The van der Waals surface area contributed by atoms with Gasteiger partial charge in [0.15, 0.2) is 11.5 Å². The number of amides is 1. The molecule has 1 saturated heterocycles. The first-order valence-corrected chi connectivity index (χ1v) is 9.45. The molecule has 0 spiro atoms. The number of benzene rings is 2. The Balaban J connectivity index is 1.32. The van der Waals surface area contributed by atoms with Crippen molar-refractivity contribution in [3.05, 3.63) is 59.7 Å². The maximum Gasteiger partial charge on any atom is 0.254 e. The van der Waals surface area contributed by atoms with Crippen LogP contribution in [-0.4, -0.2) is 40.9 Å². The molecule has 1 unspecified atom stereocenters. The summed E-state index contributed by atoms with van der Waals surface area (Å²) in [6.07, 6.45) is 1.70. The fourth-order valence-electron chi connectivity index (χ4n) is 3.68. The lowest BCUT2D eigenvalue weighted by Crippen LogP contribution is -2.39. The molecule has 2 aliphatic heterocycles. The van der Waals surface area contributed by atoms with Gasteiger partial charge in [-0.3, -0.25) is 4.79 Å². The number of piperidine rings is 1. The van der Waals surface area contributed by atoms with Crippen molar-refractivity contribution in [3.8, 4) is 23.0 Å². The molecule has 0 saturated carbocycles. The lowest BCUT2D eigenvalue weighted by Gasteiger charge is -2.31. The molecule has 0 bridgehead atoms. The van der Waals surface area contributed by atoms with Gasteiger partial charge in [0.2, 0.25) is 18.6 Å². The van der Waals surface area contributed by atoms with Gasteiger partial charge in [-0.15, -0.1) is 10.2 Å². The van der Waals surface area contributed by atoms with E-state index < -0.39 is 0 Å². The fourth-order valence-corrected chi connectivity index (χ4v) is 3.68. The minimum absolute atomic E-state index is 0.0385. The van der Waals surface area contributed by atoms with Crippen LogP contribution in [0.1, 0.15) is 35.0 Å². The van der Waals surface area contributed by atoms with Crippen LogP contribution in [0.4, 0.5) is 4.39 Å². The minimum atomic E-state index is -0.321. The third-order valence-corrected chi connectivity index (χ3v) is 5.21. The molecule has 8 heteroatoms. The molecule has 1 fully saturated rings. The van der Waals surface area contributed by atoms with Crippen molar-refractivity contribution in [3.63, 3.8) is 0 Å². The van der Waals surface area contributed by atoms with Crippen LogP contribution in [0.15, 0.2) is 46.9 Å². The Morgan fingerprint density at radius 2 is 1.90 bits per heavy atom. The van der Waals surface area contributed by atoms with Crippen LogP contribution in [0.25, 0.3) is 11.5 Å². The quantitative estimate of drug-likeness (QED) is 0.674. The van der Waals surface area contributed by atoms with Crippen LogP contribution in [-0.2, 0) is 0 Å². The van der Waals surface area contributed by atoms with Crippen LogP contribution in [0.2, 0.25) is 0 Å². The van der Waals surface area contributed by atoms with E-state index in [1.165, 1.54) is 12.1 Å². The summed E-state index contributed by atoms with van der Waals surface area (Å²) in [6, 6.07) is 11.1. The van der Waals surface area contributed by atoms with Gasteiger partial charge in [0.05, 0.1) is 5.92 Å². The average molecular weight is 395 g/mol. The fraction of sp³-hybridized carbons (Fsp3) is 0.286. The molecular weight excluding hydrogens is 377 g/mol. The number of ether oxygens (including phenoxy) is 2. The molecule has 7 nitrogen and oxygen atoms in total. The normalized spacial score (nSPS) is 18.1. The molecule has 1 aromatic heterocycles. The van der Waals surface area contributed by atoms with E-state index in [0.717, 1.165) is 12.8 Å². The largest absolute Gasteiger partial charge is 0.454 e. The molecule has 0 radical (unpaired) electrons. The average Bonchev–Trinajstić information content (AvgIpc) is 3.43. The Kier molecular flexibility index (Phi) is 4.38. The highest BCUT2D eigenvalue weighted by atomic mass is 19.1. The zero-order chi connectivity index (χ0) is 19.8. The summed E-state index contributed by atoms with van der Waals surface area (Å²) in [5.74, 6) is 1.65. The third-order valence-electron chi connectivity index (χ3n) is 5.21. The molecule has 0 N–H and O–H groups in total. The Hall–Kier alpha value is -3.42. The summed E-state index contributed by atoms with van der Waals surface area (Å²) in [5.41, 5.74) is 1.22. The molecule has 148 valence electrons. The number of hydrogen-bond acceptors (Lipinski definition) is 6. The van der Waals surface area contributed by atoms with Crippen molar-refractivity contribution in [2.75, 3.05) is 19.9 Å². The lowest BCUT2D eigenvalue weighted by molar-refractivity contribution is 0.0698. The van der Waals surface area contributed by atoms with Crippen molar-refractivity contribution in [1.82, 2.24) is 15.1 Å². The van der Waals surface area contributed by atoms with Gasteiger partial charge in [0, 0.05) is 24.2 Å². The van der Waals surface area contributed by atoms with E-state index in [4.69, 9.17) is 13.9 Å². The first-order valence-electron chi connectivity index (χ1n) is 9.45. The lowest BCUT2D eigenvalue weighted by atomic mass is 9.97. The zero-order valence-electron chi connectivity index (χ0n) is 15.5. The van der Waals surface area contributed by atoms with Crippen molar-refractivity contribution in [2.45, 2.75) is 18.8 Å². The van der Waals surface area contributed by atoms with Gasteiger partial charge in [-0.05, 0) is 55.3 Å². The molecule has 5 rings (SSSR count). The topological polar surface area (TPSA) is 77.7 Å². The molecule has 2 aromatic carbocycles. The molecule has 1 amide bonds. The van der Waals surface area contributed by atoms with Crippen LogP contribution < -0.4 is 9.47 Å². The standard InChI is InChI=1S/C21H18FN3O4/c22-16-6-3-13(4-7-16)19-23-24-20(29-19)15-2-1-9-25(11-15)21(26)14-5-8-17-18(10-14)28-12-27-17/h3-8,10,15H,1-2,9,11-12H2. The van der Waals surface area contributed by atoms with E-state index in [1.54, 1.807) is 35.2 Å². The highest BCUT2D eigenvalue weighted by molar-refractivity contribution is 5.95. The Labute approximate surface area is 166 Å². The first-order chi connectivity index (χ1) is 14.2. The number of likely N-dealkylation sites (tertiary alicyclic amines) is 1. The smallest absolute Gasteiger partial charge is 0.254 e. The van der Waals surface area contributed by atoms with E-state index in [0.29, 0.717) is 47.5 Å². The van der Waals surface area contributed by atoms with Crippen LogP contribution in [0.5, 0.6) is 11.5 Å². The number of carbonyl (C=O) groups is 1. The number of halogens is 1. The minimum Gasteiger partial charge on any atom is -0.454 e. The third kappa shape index (κ3) is 3.41. The van der Waals surface area contributed by atoms with Gasteiger partial charge in [-0.1, -0.05) is 0 Å². The molecule has 3 aromatic rings. The number of fused-ring (bicyclic) bond motifs is 1. The Bertz CT molecular complexity index is 1050. The summed E-state index contributed by atoms with van der Waals surface area (Å²) in [4.78, 5) is 14.8. The molecule has 1 atom stereocenters. The molecule has 0 aliphatic carbocycles. The van der Waals surface area contributed by atoms with E-state index in [-0.39, 0.29) is 24.4 Å². The van der Waals surface area contributed by atoms with Crippen LogP contribution in [0, 0.1) is 5.82 Å². The van der Waals surface area contributed by atoms with Crippen molar-refractivity contribution >= 4 is 5.91 Å². The second kappa shape index (κ2) is 7.20. The summed E-state index contributed by atoms with van der Waals surface area (Å²) in [6.45, 7) is 1.34. The van der Waals surface area contributed by atoms with Crippen LogP contribution in [0.3, 0.4) is 0 Å². The first kappa shape index (κ1) is 17.7. The Morgan fingerprint density at radius 3 is 2.76 bits per heavy atom. The highest BCUT2D eigenvalue weighted by Gasteiger charge is 2.30. The van der Waals surface area contributed by atoms with Crippen LogP contribution >= 0.6 is 0 Å². The summed E-state index contributed by atoms with van der Waals surface area (Å²) in [7, 11) is 0. The maximum absolute atomic E-state index is 13.1. The monoisotopic (exact) mass is 395 g/mol. The number of rotatable bonds is 3. The van der Waals surface area contributed by atoms with Gasteiger partial charge in [-0.25, -0.2) is 4.39 Å². The zero-order valence-corrected chi connectivity index (χ0v) is 15.5. The summed E-state index contributed by atoms with van der Waals surface area (Å²) in [5, 5.41) is 8.25. The van der Waals surface area contributed by atoms with Crippen molar-refractivity contribution in [1.29, 1.82) is 0 Å². The SMILES string of the molecule is O=C(c1ccc2c(c1)OCO2)N1CCCC(c2nnc(-c3ccc(F)cc3)o2)C1. The number of carbonyl (C=O) groups excluding carboxylic acids is 1. The predicted octanol–water partition coefficient (Wildman–Crippen LogP) is 3.62. The summed E-state index contributed by atoms with van der Waals surface area (Å²) < 4.78 is 29.6. The van der Waals surface area contributed by atoms with Gasteiger partial charge < -0.3 is 18.8 Å². The number of nitrogens with zero attached hydrogens (tertiary/aromatic N) is 3. The second-order valence-electron chi connectivity index (χ2n) is 7.11. The molecular formula is C21H18FN3O4. The van der Waals surface area contributed by atoms with Gasteiger partial charge >= 0.3 is 0 Å². The molecule has 2 aliphatic rings. The second-order valence-corrected chi connectivity index (χ2v) is 7.11. The molecule has 29 heavy (non-hydrogen) atoms. The number of aromatic nitrogens is 2. The number of hydrogen-bond donors (Lipinski definition) is 0. The predicted molar refractivity (Wildman–Crippen MR) is 100 cm³/mol. The van der Waals surface area contributed by atoms with Crippen molar-refractivity contribution < 1.29 is 23.1 Å². The van der Waals surface area contributed by atoms with Crippen molar-refractivity contribution in [2.24, 2.45) is 0 Å². The van der Waals surface area contributed by atoms with E-state index in [2.05, 4.69) is 10.2 Å². The molecule has 3 heterocycles. The summed E-state index contributed by atoms with van der Waals surface area (Å²) >= 11 is 0. The van der Waals surface area contributed by atoms with E-state index in [1.807, 2.05) is 0 Å². The van der Waals surface area contributed by atoms with Gasteiger partial charge in [0.25, 0.3) is 5.91 Å². The van der Waals surface area contributed by atoms with Gasteiger partial charge in [-0.2, -0.15) is 0 Å². The van der Waals surface area contributed by atoms with E-state index in [9.17, 15) is 9.18 Å². The highest BCUT2D eigenvalue weighted by Crippen LogP contribution is 2.34. The van der Waals surface area contributed by atoms with E-state index >= 15 is 0 Å².